The van der Waals surface area contributed by atoms with Gasteiger partial charge in [-0.15, -0.1) is 0 Å². The smallest absolute Gasteiger partial charge is 0.311 e. The van der Waals surface area contributed by atoms with Crippen LogP contribution in [0.4, 0.5) is 0 Å². The van der Waals surface area contributed by atoms with Crippen LogP contribution in [0.25, 0.3) is 11.3 Å². The second-order valence-electron chi connectivity index (χ2n) is 3.38. The number of phenols is 1. The van der Waals surface area contributed by atoms with Gasteiger partial charge in [0.1, 0.15) is 23.7 Å². The number of aromatic hydroxyl groups is 1. The summed E-state index contributed by atoms with van der Waals surface area (Å²) in [6, 6.07) is 9.86. The van der Waals surface area contributed by atoms with E-state index in [0.29, 0.717) is 11.5 Å². The van der Waals surface area contributed by atoms with Gasteiger partial charge in [-0.1, -0.05) is 0 Å². The standard InChI is InChI=1S/C12H10O4/c13-9-3-1-8(2-4-9)11-6-5-10(16-11)7-12(14)15/h1-6,13H,7H2,(H,14,15). The second-order valence-corrected chi connectivity index (χ2v) is 3.38. The number of rotatable bonds is 3. The van der Waals surface area contributed by atoms with Gasteiger partial charge in [0, 0.05) is 5.56 Å². The Hall–Kier alpha value is -2.23. The maximum absolute atomic E-state index is 10.5. The number of benzene rings is 1. The molecule has 0 saturated heterocycles. The van der Waals surface area contributed by atoms with Gasteiger partial charge in [-0.25, -0.2) is 0 Å². The van der Waals surface area contributed by atoms with Crippen molar-refractivity contribution < 1.29 is 19.4 Å². The summed E-state index contributed by atoms with van der Waals surface area (Å²) in [6.07, 6.45) is -0.127. The van der Waals surface area contributed by atoms with Gasteiger partial charge in [-0.05, 0) is 36.4 Å². The van der Waals surface area contributed by atoms with Gasteiger partial charge in [0.2, 0.25) is 0 Å². The molecule has 1 aromatic carbocycles. The molecule has 0 amide bonds. The van der Waals surface area contributed by atoms with Gasteiger partial charge in [-0.2, -0.15) is 0 Å². The SMILES string of the molecule is O=C(O)Cc1ccc(-c2ccc(O)cc2)o1. The Labute approximate surface area is 91.8 Å². The number of carbonyl (C=O) groups is 1. The monoisotopic (exact) mass is 218 g/mol. The number of aliphatic carboxylic acids is 1. The highest BCUT2D eigenvalue weighted by Crippen LogP contribution is 2.24. The highest BCUT2D eigenvalue weighted by molar-refractivity contribution is 5.70. The van der Waals surface area contributed by atoms with Crippen LogP contribution in [-0.2, 0) is 11.2 Å². The number of hydrogen-bond acceptors (Lipinski definition) is 3. The fourth-order valence-electron chi connectivity index (χ4n) is 1.40. The van der Waals surface area contributed by atoms with Crippen LogP contribution in [0.3, 0.4) is 0 Å². The fourth-order valence-corrected chi connectivity index (χ4v) is 1.40. The topological polar surface area (TPSA) is 70.7 Å². The number of carboxylic acids is 1. The first-order valence-corrected chi connectivity index (χ1v) is 4.75. The number of phenolic OH excluding ortho intramolecular Hbond substituents is 1. The van der Waals surface area contributed by atoms with E-state index in [1.807, 2.05) is 0 Å². The minimum absolute atomic E-state index is 0.127. The van der Waals surface area contributed by atoms with Crippen molar-refractivity contribution in [1.29, 1.82) is 0 Å². The average Bonchev–Trinajstić information content (AvgIpc) is 2.66. The number of carboxylic acid groups (broad SMARTS) is 1. The molecule has 4 nitrogen and oxygen atoms in total. The van der Waals surface area contributed by atoms with Crippen LogP contribution >= 0.6 is 0 Å². The lowest BCUT2D eigenvalue weighted by molar-refractivity contribution is -0.136. The van der Waals surface area contributed by atoms with Crippen molar-refractivity contribution in [1.82, 2.24) is 0 Å². The van der Waals surface area contributed by atoms with Crippen molar-refractivity contribution in [3.8, 4) is 17.1 Å². The van der Waals surface area contributed by atoms with Crippen LogP contribution in [0.5, 0.6) is 5.75 Å². The van der Waals surface area contributed by atoms with E-state index in [-0.39, 0.29) is 12.2 Å². The van der Waals surface area contributed by atoms with E-state index in [0.717, 1.165) is 5.56 Å². The first-order valence-electron chi connectivity index (χ1n) is 4.75. The summed E-state index contributed by atoms with van der Waals surface area (Å²) < 4.78 is 5.36. The minimum atomic E-state index is -0.924. The summed E-state index contributed by atoms with van der Waals surface area (Å²) in [5, 5.41) is 17.7. The van der Waals surface area contributed by atoms with E-state index in [4.69, 9.17) is 14.6 Å². The molecule has 2 N–H and O–H groups in total. The summed E-state index contributed by atoms with van der Waals surface area (Å²) in [5.41, 5.74) is 0.800. The van der Waals surface area contributed by atoms with Gasteiger partial charge in [0.15, 0.2) is 0 Å². The molecular formula is C12H10O4. The Morgan fingerprint density at radius 1 is 1.12 bits per heavy atom. The van der Waals surface area contributed by atoms with Crippen molar-refractivity contribution in [2.45, 2.75) is 6.42 Å². The van der Waals surface area contributed by atoms with E-state index in [2.05, 4.69) is 0 Å². The number of furan rings is 1. The van der Waals surface area contributed by atoms with Crippen molar-refractivity contribution in [2.75, 3.05) is 0 Å². The molecule has 0 radical (unpaired) electrons. The van der Waals surface area contributed by atoms with Gasteiger partial charge in [0.05, 0.1) is 0 Å². The van der Waals surface area contributed by atoms with Crippen LogP contribution in [-0.4, -0.2) is 16.2 Å². The largest absolute Gasteiger partial charge is 0.508 e. The average molecular weight is 218 g/mol. The summed E-state index contributed by atoms with van der Waals surface area (Å²) in [6.45, 7) is 0. The van der Waals surface area contributed by atoms with Crippen LogP contribution in [0.15, 0.2) is 40.8 Å². The predicted octanol–water partition coefficient (Wildman–Crippen LogP) is 2.28. The highest BCUT2D eigenvalue weighted by Gasteiger charge is 2.07. The molecule has 2 rings (SSSR count). The maximum Gasteiger partial charge on any atom is 0.311 e. The molecule has 4 heteroatoms. The molecule has 0 unspecified atom stereocenters. The van der Waals surface area contributed by atoms with Gasteiger partial charge in [0.25, 0.3) is 0 Å². The molecule has 0 spiro atoms. The molecule has 82 valence electrons. The molecule has 1 heterocycles. The lowest BCUT2D eigenvalue weighted by Gasteiger charge is -1.97. The van der Waals surface area contributed by atoms with E-state index >= 15 is 0 Å². The Kier molecular flexibility index (Phi) is 2.64. The summed E-state index contributed by atoms with van der Waals surface area (Å²) >= 11 is 0. The van der Waals surface area contributed by atoms with E-state index in [1.165, 1.54) is 0 Å². The van der Waals surface area contributed by atoms with Gasteiger partial charge < -0.3 is 14.6 Å². The van der Waals surface area contributed by atoms with Crippen LogP contribution in [0.2, 0.25) is 0 Å². The maximum atomic E-state index is 10.5. The van der Waals surface area contributed by atoms with Gasteiger partial charge >= 0.3 is 5.97 Å². The van der Waals surface area contributed by atoms with Crippen LogP contribution in [0, 0.1) is 0 Å². The van der Waals surface area contributed by atoms with Crippen molar-refractivity contribution in [3.05, 3.63) is 42.2 Å². The first-order chi connectivity index (χ1) is 7.65. The molecule has 0 bridgehead atoms. The fraction of sp³-hybridized carbons (Fsp3) is 0.0833. The summed E-state index contributed by atoms with van der Waals surface area (Å²) in [7, 11) is 0. The molecular weight excluding hydrogens is 208 g/mol. The number of hydrogen-bond donors (Lipinski definition) is 2. The molecule has 0 atom stereocenters. The third-order valence-electron chi connectivity index (χ3n) is 2.14. The van der Waals surface area contributed by atoms with E-state index < -0.39 is 5.97 Å². The third kappa shape index (κ3) is 2.23. The highest BCUT2D eigenvalue weighted by atomic mass is 16.4. The Bertz CT molecular complexity index is 496. The Morgan fingerprint density at radius 3 is 2.44 bits per heavy atom. The zero-order chi connectivity index (χ0) is 11.5. The first kappa shape index (κ1) is 10.3. The van der Waals surface area contributed by atoms with Crippen LogP contribution < -0.4 is 0 Å². The zero-order valence-electron chi connectivity index (χ0n) is 8.38. The van der Waals surface area contributed by atoms with E-state index in [1.54, 1.807) is 36.4 Å². The normalized spacial score (nSPS) is 10.2. The molecule has 0 aliphatic rings. The summed E-state index contributed by atoms with van der Waals surface area (Å²) in [5.74, 6) is 0.263. The van der Waals surface area contributed by atoms with E-state index in [9.17, 15) is 4.79 Å². The molecule has 16 heavy (non-hydrogen) atoms. The minimum Gasteiger partial charge on any atom is -0.508 e. The molecule has 0 fully saturated rings. The molecule has 0 aliphatic heterocycles. The second kappa shape index (κ2) is 4.10. The Balaban J connectivity index is 2.24. The van der Waals surface area contributed by atoms with Crippen molar-refractivity contribution >= 4 is 5.97 Å². The lowest BCUT2D eigenvalue weighted by Crippen LogP contribution is -1.97. The van der Waals surface area contributed by atoms with Crippen molar-refractivity contribution in [3.63, 3.8) is 0 Å². The lowest BCUT2D eigenvalue weighted by atomic mass is 10.2. The summed E-state index contributed by atoms with van der Waals surface area (Å²) in [4.78, 5) is 10.5. The third-order valence-corrected chi connectivity index (χ3v) is 2.14. The Morgan fingerprint density at radius 2 is 1.81 bits per heavy atom. The molecule has 1 aromatic heterocycles. The molecule has 0 aliphatic carbocycles. The quantitative estimate of drug-likeness (QED) is 0.829. The van der Waals surface area contributed by atoms with Crippen LogP contribution in [0.1, 0.15) is 5.76 Å². The van der Waals surface area contributed by atoms with Crippen molar-refractivity contribution in [2.24, 2.45) is 0 Å². The molecule has 2 aromatic rings. The van der Waals surface area contributed by atoms with Gasteiger partial charge in [-0.3, -0.25) is 4.79 Å². The molecule has 0 saturated carbocycles. The predicted molar refractivity (Wildman–Crippen MR) is 57.1 cm³/mol. The zero-order valence-corrected chi connectivity index (χ0v) is 8.38.